The van der Waals surface area contributed by atoms with E-state index in [-0.39, 0.29) is 5.91 Å². The molecule has 4 nitrogen and oxygen atoms in total. The van der Waals surface area contributed by atoms with Crippen LogP contribution >= 0.6 is 11.6 Å². The molecular weight excluding hydrogens is 372 g/mol. The first kappa shape index (κ1) is 19.7. The van der Waals surface area contributed by atoms with Gasteiger partial charge in [-0.3, -0.25) is 4.79 Å². The summed E-state index contributed by atoms with van der Waals surface area (Å²) < 4.78 is 0. The Kier molecular flexibility index (Phi) is 5.91. The van der Waals surface area contributed by atoms with Crippen molar-refractivity contribution in [3.8, 4) is 0 Å². The summed E-state index contributed by atoms with van der Waals surface area (Å²) in [6, 6.07) is 7.85. The van der Waals surface area contributed by atoms with E-state index in [9.17, 15) is 9.90 Å². The first-order chi connectivity index (χ1) is 13.5. The summed E-state index contributed by atoms with van der Waals surface area (Å²) in [5, 5.41) is 11.6. The number of hydrogen-bond donors (Lipinski definition) is 1. The van der Waals surface area contributed by atoms with Gasteiger partial charge in [-0.2, -0.15) is 0 Å². The van der Waals surface area contributed by atoms with Crippen LogP contribution in [0.25, 0.3) is 0 Å². The fourth-order valence-corrected chi connectivity index (χ4v) is 4.77. The first-order valence-electron chi connectivity index (χ1n) is 10.5. The van der Waals surface area contributed by atoms with Crippen LogP contribution in [0, 0.1) is 0 Å². The number of likely N-dealkylation sites (tertiary alicyclic amines) is 2. The van der Waals surface area contributed by atoms with Crippen molar-refractivity contribution in [2.75, 3.05) is 26.2 Å². The van der Waals surface area contributed by atoms with E-state index >= 15 is 0 Å². The number of hydrogen-bond acceptors (Lipinski definition) is 3. The molecule has 0 aromatic heterocycles. The van der Waals surface area contributed by atoms with Gasteiger partial charge < -0.3 is 14.9 Å². The highest BCUT2D eigenvalue weighted by Gasteiger charge is 2.32. The summed E-state index contributed by atoms with van der Waals surface area (Å²) in [4.78, 5) is 17.5. The highest BCUT2D eigenvalue weighted by atomic mass is 35.5. The third kappa shape index (κ3) is 4.19. The minimum Gasteiger partial charge on any atom is -0.381 e. The second kappa shape index (κ2) is 8.40. The van der Waals surface area contributed by atoms with Gasteiger partial charge in [0.25, 0.3) is 5.91 Å². The Hall–Kier alpha value is -1.62. The van der Waals surface area contributed by atoms with Crippen molar-refractivity contribution in [1.82, 2.24) is 9.80 Å². The van der Waals surface area contributed by atoms with Gasteiger partial charge in [0.05, 0.1) is 0 Å². The van der Waals surface area contributed by atoms with Crippen LogP contribution in [0.4, 0.5) is 0 Å². The van der Waals surface area contributed by atoms with E-state index in [0.29, 0.717) is 23.1 Å². The number of aliphatic hydroxyl groups is 1. The fraction of sp³-hybridized carbons (Fsp3) is 0.522. The van der Waals surface area contributed by atoms with Crippen molar-refractivity contribution in [3.05, 3.63) is 58.7 Å². The van der Waals surface area contributed by atoms with Crippen LogP contribution in [-0.4, -0.2) is 53.0 Å². The van der Waals surface area contributed by atoms with Gasteiger partial charge in [0.1, 0.15) is 5.60 Å². The maximum absolute atomic E-state index is 12.9. The molecule has 2 heterocycles. The zero-order valence-corrected chi connectivity index (χ0v) is 17.1. The lowest BCUT2D eigenvalue weighted by Gasteiger charge is -2.40. The predicted octanol–water partition coefficient (Wildman–Crippen LogP) is 3.89. The number of rotatable bonds is 3. The van der Waals surface area contributed by atoms with Crippen LogP contribution in [0.5, 0.6) is 0 Å². The standard InChI is InChI=1S/C23H29ClN2O2/c24-20-6-4-19(5-7-20)23(28)12-8-18(9-13-23)22(27)26-16-10-21(11-17-26)25-14-2-1-3-15-25/h4-9,12,21,28H,1-3,10-11,13-17H2. The third-order valence-electron chi connectivity index (χ3n) is 6.42. The van der Waals surface area contributed by atoms with E-state index in [4.69, 9.17) is 11.6 Å². The molecule has 5 heteroatoms. The maximum atomic E-state index is 12.9. The molecule has 0 bridgehead atoms. The van der Waals surface area contributed by atoms with E-state index in [2.05, 4.69) is 4.90 Å². The van der Waals surface area contributed by atoms with Crippen LogP contribution in [-0.2, 0) is 10.4 Å². The zero-order valence-electron chi connectivity index (χ0n) is 16.3. The van der Waals surface area contributed by atoms with Crippen LogP contribution in [0.2, 0.25) is 5.02 Å². The maximum Gasteiger partial charge on any atom is 0.253 e. The molecule has 3 aliphatic rings. The van der Waals surface area contributed by atoms with E-state index in [1.165, 1.54) is 32.4 Å². The summed E-state index contributed by atoms with van der Waals surface area (Å²) in [7, 11) is 0. The summed E-state index contributed by atoms with van der Waals surface area (Å²) in [6.07, 6.45) is 11.9. The summed E-state index contributed by atoms with van der Waals surface area (Å²) >= 11 is 5.94. The quantitative estimate of drug-likeness (QED) is 0.837. The van der Waals surface area contributed by atoms with Gasteiger partial charge >= 0.3 is 0 Å². The molecule has 1 N–H and O–H groups in total. The van der Waals surface area contributed by atoms with Gasteiger partial charge in [0, 0.05) is 36.1 Å². The molecule has 1 amide bonds. The lowest BCUT2D eigenvalue weighted by atomic mass is 9.85. The SMILES string of the molecule is O=C(C1=CCC(O)(c2ccc(Cl)cc2)C=C1)N1CCC(N2CCCCC2)CC1. The van der Waals surface area contributed by atoms with E-state index in [0.717, 1.165) is 31.5 Å². The number of nitrogens with zero attached hydrogens (tertiary/aromatic N) is 2. The summed E-state index contributed by atoms with van der Waals surface area (Å²) in [6.45, 7) is 4.09. The van der Waals surface area contributed by atoms with Gasteiger partial charge in [0.15, 0.2) is 0 Å². The van der Waals surface area contributed by atoms with Crippen LogP contribution in [0.3, 0.4) is 0 Å². The van der Waals surface area contributed by atoms with E-state index < -0.39 is 5.60 Å². The van der Waals surface area contributed by atoms with Gasteiger partial charge in [-0.25, -0.2) is 0 Å². The number of piperidine rings is 2. The topological polar surface area (TPSA) is 43.8 Å². The van der Waals surface area contributed by atoms with Gasteiger partial charge in [-0.15, -0.1) is 0 Å². The van der Waals surface area contributed by atoms with Crippen LogP contribution in [0.15, 0.2) is 48.1 Å². The molecule has 0 spiro atoms. The fourth-order valence-electron chi connectivity index (χ4n) is 4.64. The number of benzene rings is 1. The minimum atomic E-state index is -1.07. The Balaban J connectivity index is 1.34. The average Bonchev–Trinajstić information content (AvgIpc) is 2.75. The van der Waals surface area contributed by atoms with Crippen molar-refractivity contribution in [2.24, 2.45) is 0 Å². The van der Waals surface area contributed by atoms with Gasteiger partial charge in [-0.1, -0.05) is 42.3 Å². The second-order valence-corrected chi connectivity index (χ2v) is 8.68. The van der Waals surface area contributed by atoms with Gasteiger partial charge in [0.2, 0.25) is 0 Å². The first-order valence-corrected chi connectivity index (χ1v) is 10.8. The molecule has 28 heavy (non-hydrogen) atoms. The molecule has 4 rings (SSSR count). The molecular formula is C23H29ClN2O2. The molecule has 2 fully saturated rings. The lowest BCUT2D eigenvalue weighted by molar-refractivity contribution is -0.128. The molecule has 2 aliphatic heterocycles. The Labute approximate surface area is 172 Å². The number of carbonyl (C=O) groups excluding carboxylic acids is 1. The second-order valence-electron chi connectivity index (χ2n) is 8.25. The summed E-state index contributed by atoms with van der Waals surface area (Å²) in [5.74, 6) is 0.0894. The Bertz CT molecular complexity index is 759. The Morgan fingerprint density at radius 3 is 2.32 bits per heavy atom. The van der Waals surface area contributed by atoms with Crippen molar-refractivity contribution in [2.45, 2.75) is 50.2 Å². The predicted molar refractivity (Wildman–Crippen MR) is 112 cm³/mol. The Morgan fingerprint density at radius 1 is 1.04 bits per heavy atom. The molecule has 150 valence electrons. The molecule has 1 aromatic carbocycles. The monoisotopic (exact) mass is 400 g/mol. The highest BCUT2D eigenvalue weighted by molar-refractivity contribution is 6.30. The lowest BCUT2D eigenvalue weighted by Crippen LogP contribution is -2.48. The highest BCUT2D eigenvalue weighted by Crippen LogP contribution is 2.33. The van der Waals surface area contributed by atoms with Crippen molar-refractivity contribution in [3.63, 3.8) is 0 Å². The van der Waals surface area contributed by atoms with Crippen molar-refractivity contribution >= 4 is 17.5 Å². The number of carbonyl (C=O) groups is 1. The molecule has 1 unspecified atom stereocenters. The number of halogens is 1. The molecule has 1 atom stereocenters. The van der Waals surface area contributed by atoms with E-state index in [1.807, 2.05) is 23.1 Å². The number of amides is 1. The molecule has 0 saturated carbocycles. The largest absolute Gasteiger partial charge is 0.381 e. The minimum absolute atomic E-state index is 0.0894. The van der Waals surface area contributed by atoms with Gasteiger partial charge in [-0.05, 0) is 62.5 Å². The Morgan fingerprint density at radius 2 is 1.71 bits per heavy atom. The van der Waals surface area contributed by atoms with Crippen LogP contribution < -0.4 is 0 Å². The molecule has 1 aromatic rings. The smallest absolute Gasteiger partial charge is 0.253 e. The normalized spacial score (nSPS) is 26.9. The van der Waals surface area contributed by atoms with Crippen molar-refractivity contribution < 1.29 is 9.90 Å². The molecule has 0 radical (unpaired) electrons. The molecule has 1 aliphatic carbocycles. The van der Waals surface area contributed by atoms with Crippen LogP contribution in [0.1, 0.15) is 44.1 Å². The zero-order chi connectivity index (χ0) is 19.6. The van der Waals surface area contributed by atoms with E-state index in [1.54, 1.807) is 24.3 Å². The third-order valence-corrected chi connectivity index (χ3v) is 6.67. The summed E-state index contributed by atoms with van der Waals surface area (Å²) in [5.41, 5.74) is 0.406. The molecule has 2 saturated heterocycles. The average molecular weight is 401 g/mol. The van der Waals surface area contributed by atoms with Crippen molar-refractivity contribution in [1.29, 1.82) is 0 Å².